The third kappa shape index (κ3) is 3.18. The summed E-state index contributed by atoms with van der Waals surface area (Å²) in [5.41, 5.74) is 0.590. The number of benzene rings is 1. The fourth-order valence-electron chi connectivity index (χ4n) is 1.93. The summed E-state index contributed by atoms with van der Waals surface area (Å²) < 4.78 is 5.06. The quantitative estimate of drug-likeness (QED) is 0.396. The van der Waals surface area contributed by atoms with Gasteiger partial charge in [0.05, 0.1) is 12.1 Å². The highest BCUT2D eigenvalue weighted by molar-refractivity contribution is 7.80. The number of hydrogen-bond acceptors (Lipinski definition) is 4. The van der Waals surface area contributed by atoms with Crippen LogP contribution in [0.25, 0.3) is 6.08 Å². The third-order valence-electron chi connectivity index (χ3n) is 2.98. The Kier molecular flexibility index (Phi) is 4.95. The minimum Gasteiger partial charge on any atom is -0.495 e. The van der Waals surface area contributed by atoms with E-state index < -0.39 is 11.8 Å². The first-order valence-corrected chi connectivity index (χ1v) is 7.10. The first-order chi connectivity index (χ1) is 10.5. The van der Waals surface area contributed by atoms with Gasteiger partial charge in [0, 0.05) is 6.54 Å². The van der Waals surface area contributed by atoms with Crippen molar-refractivity contribution in [1.29, 1.82) is 0 Å². The van der Waals surface area contributed by atoms with Crippen LogP contribution in [0, 0.1) is 0 Å². The number of carbonyl (C=O) groups excluding carboxylic acids is 2. The molecule has 22 heavy (non-hydrogen) atoms. The molecule has 1 fully saturated rings. The molecule has 0 unspecified atom stereocenters. The van der Waals surface area contributed by atoms with E-state index in [1.165, 1.54) is 24.2 Å². The molecule has 1 aliphatic heterocycles. The Hall–Kier alpha value is -2.18. The van der Waals surface area contributed by atoms with E-state index in [1.807, 2.05) is 0 Å². The number of rotatable bonds is 4. The van der Waals surface area contributed by atoms with Gasteiger partial charge in [-0.3, -0.25) is 19.8 Å². The summed E-state index contributed by atoms with van der Waals surface area (Å²) in [6.45, 7) is 3.79. The van der Waals surface area contributed by atoms with Crippen LogP contribution in [0.1, 0.15) is 5.56 Å². The van der Waals surface area contributed by atoms with E-state index in [2.05, 4.69) is 11.9 Å². The third-order valence-corrected chi connectivity index (χ3v) is 3.60. The molecular formula is C15H13ClN2O3S. The lowest BCUT2D eigenvalue weighted by Crippen LogP contribution is -2.53. The lowest BCUT2D eigenvalue weighted by molar-refractivity contribution is -0.128. The topological polar surface area (TPSA) is 58.6 Å². The summed E-state index contributed by atoms with van der Waals surface area (Å²) in [4.78, 5) is 25.6. The zero-order valence-corrected chi connectivity index (χ0v) is 13.3. The maximum atomic E-state index is 12.4. The van der Waals surface area contributed by atoms with Crippen molar-refractivity contribution in [1.82, 2.24) is 10.2 Å². The van der Waals surface area contributed by atoms with Crippen LogP contribution in [0.3, 0.4) is 0 Å². The Morgan fingerprint density at radius 3 is 2.77 bits per heavy atom. The van der Waals surface area contributed by atoms with Gasteiger partial charge in [-0.2, -0.15) is 0 Å². The summed E-state index contributed by atoms with van der Waals surface area (Å²) in [5.74, 6) is -0.499. The molecule has 2 amide bonds. The summed E-state index contributed by atoms with van der Waals surface area (Å²) >= 11 is 11.0. The van der Waals surface area contributed by atoms with Gasteiger partial charge in [-0.25, -0.2) is 0 Å². The Bertz CT molecular complexity index is 700. The minimum atomic E-state index is -0.540. The first-order valence-electron chi connectivity index (χ1n) is 6.31. The number of carbonyl (C=O) groups is 2. The van der Waals surface area contributed by atoms with Gasteiger partial charge >= 0.3 is 0 Å². The van der Waals surface area contributed by atoms with Gasteiger partial charge in [0.1, 0.15) is 11.3 Å². The maximum absolute atomic E-state index is 12.4. The van der Waals surface area contributed by atoms with Crippen molar-refractivity contribution in [3.63, 3.8) is 0 Å². The van der Waals surface area contributed by atoms with Gasteiger partial charge < -0.3 is 4.74 Å². The zero-order valence-electron chi connectivity index (χ0n) is 11.8. The van der Waals surface area contributed by atoms with Crippen LogP contribution in [-0.2, 0) is 9.59 Å². The molecule has 0 aromatic heterocycles. The van der Waals surface area contributed by atoms with Crippen LogP contribution in [0.5, 0.6) is 5.75 Å². The molecule has 1 heterocycles. The smallest absolute Gasteiger partial charge is 0.265 e. The van der Waals surface area contributed by atoms with E-state index in [4.69, 9.17) is 28.6 Å². The molecule has 1 saturated heterocycles. The van der Waals surface area contributed by atoms with Crippen LogP contribution < -0.4 is 10.1 Å². The molecular weight excluding hydrogens is 324 g/mol. The van der Waals surface area contributed by atoms with Crippen molar-refractivity contribution >= 4 is 46.8 Å². The highest BCUT2D eigenvalue weighted by atomic mass is 35.5. The number of nitrogens with one attached hydrogen (secondary N) is 1. The van der Waals surface area contributed by atoms with Crippen LogP contribution in [0.2, 0.25) is 5.02 Å². The van der Waals surface area contributed by atoms with Gasteiger partial charge in [0.25, 0.3) is 11.8 Å². The minimum absolute atomic E-state index is 0.0170. The fourth-order valence-corrected chi connectivity index (χ4v) is 2.44. The molecule has 1 N–H and O–H groups in total. The number of halogens is 1. The van der Waals surface area contributed by atoms with E-state index in [9.17, 15) is 9.59 Å². The van der Waals surface area contributed by atoms with E-state index >= 15 is 0 Å². The summed E-state index contributed by atoms with van der Waals surface area (Å²) in [7, 11) is 1.51. The molecule has 0 radical (unpaired) electrons. The largest absolute Gasteiger partial charge is 0.495 e. The predicted molar refractivity (Wildman–Crippen MR) is 88.6 cm³/mol. The standard InChI is InChI=1S/C15H13ClN2O3S/c1-3-6-18-14(20)10(13(19)17-15(18)22)7-9-4-5-12(21-2)11(16)8-9/h3-5,7-8H,1,6H2,2H3,(H,17,19,22)/b10-7+. The lowest BCUT2D eigenvalue weighted by atomic mass is 10.1. The second kappa shape index (κ2) is 6.72. The number of hydrogen-bond donors (Lipinski definition) is 1. The highest BCUT2D eigenvalue weighted by Crippen LogP contribution is 2.26. The molecule has 0 spiro atoms. The molecule has 5 nitrogen and oxygen atoms in total. The average Bonchev–Trinajstić information content (AvgIpc) is 2.48. The fraction of sp³-hybridized carbons (Fsp3) is 0.133. The number of methoxy groups -OCH3 is 1. The van der Waals surface area contributed by atoms with E-state index in [0.717, 1.165) is 0 Å². The summed E-state index contributed by atoms with van der Waals surface area (Å²) in [5, 5.41) is 2.93. The first kappa shape index (κ1) is 16.2. The Morgan fingerprint density at radius 1 is 1.45 bits per heavy atom. The molecule has 1 aliphatic rings. The number of thiocarbonyl (C=S) groups is 1. The number of amides is 2. The van der Waals surface area contributed by atoms with Gasteiger partial charge in [-0.05, 0) is 36.0 Å². The van der Waals surface area contributed by atoms with Crippen molar-refractivity contribution in [2.45, 2.75) is 0 Å². The average molecular weight is 337 g/mol. The lowest BCUT2D eigenvalue weighted by Gasteiger charge is -2.27. The van der Waals surface area contributed by atoms with Gasteiger partial charge in [-0.1, -0.05) is 23.7 Å². The molecule has 114 valence electrons. The maximum Gasteiger partial charge on any atom is 0.265 e. The Morgan fingerprint density at radius 2 is 2.18 bits per heavy atom. The highest BCUT2D eigenvalue weighted by Gasteiger charge is 2.32. The van der Waals surface area contributed by atoms with Crippen molar-refractivity contribution in [2.24, 2.45) is 0 Å². The van der Waals surface area contributed by atoms with Crippen LogP contribution in [-0.4, -0.2) is 35.5 Å². The molecule has 7 heteroatoms. The van der Waals surface area contributed by atoms with Crippen molar-refractivity contribution < 1.29 is 14.3 Å². The molecule has 0 bridgehead atoms. The zero-order chi connectivity index (χ0) is 16.3. The molecule has 0 atom stereocenters. The van der Waals surface area contributed by atoms with Crippen LogP contribution in [0.4, 0.5) is 0 Å². The van der Waals surface area contributed by atoms with Gasteiger partial charge in [0.2, 0.25) is 0 Å². The normalized spacial score (nSPS) is 16.7. The summed E-state index contributed by atoms with van der Waals surface area (Å²) in [6, 6.07) is 4.97. The van der Waals surface area contributed by atoms with Gasteiger partial charge in [-0.15, -0.1) is 6.58 Å². The molecule has 0 saturated carbocycles. The Balaban J connectivity index is 2.38. The van der Waals surface area contributed by atoms with Crippen molar-refractivity contribution in [2.75, 3.05) is 13.7 Å². The van der Waals surface area contributed by atoms with Crippen LogP contribution in [0.15, 0.2) is 36.4 Å². The predicted octanol–water partition coefficient (Wildman–Crippen LogP) is 2.16. The monoisotopic (exact) mass is 336 g/mol. The van der Waals surface area contributed by atoms with Crippen LogP contribution >= 0.6 is 23.8 Å². The van der Waals surface area contributed by atoms with Crippen molar-refractivity contribution in [3.05, 3.63) is 47.0 Å². The second-order valence-electron chi connectivity index (χ2n) is 4.42. The summed E-state index contributed by atoms with van der Waals surface area (Å²) in [6.07, 6.45) is 2.99. The van der Waals surface area contributed by atoms with E-state index in [1.54, 1.807) is 18.2 Å². The molecule has 1 aromatic rings. The van der Waals surface area contributed by atoms with E-state index in [-0.39, 0.29) is 17.2 Å². The number of nitrogens with zero attached hydrogens (tertiary/aromatic N) is 1. The SMILES string of the molecule is C=CCN1C(=O)/C(=C/c2ccc(OC)c(Cl)c2)C(=O)NC1=S. The second-order valence-corrected chi connectivity index (χ2v) is 5.21. The molecule has 0 aliphatic carbocycles. The molecule has 2 rings (SSSR count). The van der Waals surface area contributed by atoms with E-state index in [0.29, 0.717) is 16.3 Å². The molecule has 1 aromatic carbocycles. The van der Waals surface area contributed by atoms with Crippen molar-refractivity contribution in [3.8, 4) is 5.75 Å². The Labute approximate surface area is 138 Å². The number of ether oxygens (including phenoxy) is 1. The van der Waals surface area contributed by atoms with Gasteiger partial charge in [0.15, 0.2) is 5.11 Å².